The molecule has 2 atom stereocenters. The Balaban J connectivity index is 2.73. The van der Waals surface area contributed by atoms with Crippen LogP contribution < -0.4 is 5.73 Å². The number of benzene rings is 1. The molecule has 114 valence electrons. The molecule has 4 nitrogen and oxygen atoms in total. The molecule has 0 saturated carbocycles. The number of nitrogens with two attached hydrogens (primary N) is 1. The summed E-state index contributed by atoms with van der Waals surface area (Å²) in [5, 5.41) is 0. The summed E-state index contributed by atoms with van der Waals surface area (Å²) >= 11 is 0. The van der Waals surface area contributed by atoms with Crippen LogP contribution in [0.5, 0.6) is 0 Å². The monoisotopic (exact) mass is 280 g/mol. The third kappa shape index (κ3) is 5.59. The van der Waals surface area contributed by atoms with Crippen molar-refractivity contribution in [3.05, 3.63) is 35.9 Å². The highest BCUT2D eigenvalue weighted by Crippen LogP contribution is 2.12. The Kier molecular flexibility index (Phi) is 8.46. The number of rotatable bonds is 10. The summed E-state index contributed by atoms with van der Waals surface area (Å²) in [4.78, 5) is 2.39. The standard InChI is InChI=1S/C16H28N2O2/c1-14(13-20-3)18(9-10-19-2)16(12-17)11-15-7-5-4-6-8-15/h4-8,14,16H,9-13,17H2,1-3H3. The van der Waals surface area contributed by atoms with E-state index >= 15 is 0 Å². The fourth-order valence-electron chi connectivity index (χ4n) is 2.52. The Labute approximate surface area is 122 Å². The molecule has 0 aliphatic carbocycles. The Bertz CT molecular complexity index is 346. The summed E-state index contributed by atoms with van der Waals surface area (Å²) in [7, 11) is 3.47. The second-order valence-electron chi connectivity index (χ2n) is 5.11. The zero-order valence-corrected chi connectivity index (χ0v) is 12.9. The Morgan fingerprint density at radius 1 is 1.15 bits per heavy atom. The van der Waals surface area contributed by atoms with E-state index in [0.717, 1.165) is 13.0 Å². The zero-order chi connectivity index (χ0) is 14.8. The molecule has 0 spiro atoms. The molecule has 0 heterocycles. The minimum Gasteiger partial charge on any atom is -0.383 e. The van der Waals surface area contributed by atoms with Crippen LogP contribution in [0.4, 0.5) is 0 Å². The van der Waals surface area contributed by atoms with Crippen molar-refractivity contribution in [3.8, 4) is 0 Å². The van der Waals surface area contributed by atoms with E-state index in [4.69, 9.17) is 15.2 Å². The van der Waals surface area contributed by atoms with E-state index in [9.17, 15) is 0 Å². The molecule has 20 heavy (non-hydrogen) atoms. The van der Waals surface area contributed by atoms with Crippen LogP contribution in [-0.2, 0) is 15.9 Å². The van der Waals surface area contributed by atoms with Crippen molar-refractivity contribution >= 4 is 0 Å². The maximum atomic E-state index is 6.00. The molecule has 0 aliphatic rings. The first-order valence-electron chi connectivity index (χ1n) is 7.20. The van der Waals surface area contributed by atoms with Crippen molar-refractivity contribution in [1.29, 1.82) is 0 Å². The van der Waals surface area contributed by atoms with Crippen molar-refractivity contribution < 1.29 is 9.47 Å². The van der Waals surface area contributed by atoms with Gasteiger partial charge in [-0.15, -0.1) is 0 Å². The number of nitrogens with zero attached hydrogens (tertiary/aromatic N) is 1. The predicted molar refractivity (Wildman–Crippen MR) is 82.9 cm³/mol. The second-order valence-corrected chi connectivity index (χ2v) is 5.11. The van der Waals surface area contributed by atoms with Crippen molar-refractivity contribution in [2.75, 3.05) is 40.5 Å². The average Bonchev–Trinajstić information content (AvgIpc) is 2.47. The van der Waals surface area contributed by atoms with Crippen molar-refractivity contribution in [2.45, 2.75) is 25.4 Å². The fraction of sp³-hybridized carbons (Fsp3) is 0.625. The van der Waals surface area contributed by atoms with Gasteiger partial charge in [-0.2, -0.15) is 0 Å². The van der Waals surface area contributed by atoms with Gasteiger partial charge in [0.05, 0.1) is 13.2 Å². The van der Waals surface area contributed by atoms with Crippen LogP contribution in [0.2, 0.25) is 0 Å². The Hall–Kier alpha value is -0.940. The molecule has 0 aliphatic heterocycles. The molecule has 0 fully saturated rings. The lowest BCUT2D eigenvalue weighted by Crippen LogP contribution is -2.49. The molecule has 1 aromatic carbocycles. The van der Waals surface area contributed by atoms with Gasteiger partial charge in [0, 0.05) is 39.4 Å². The third-order valence-electron chi connectivity index (χ3n) is 3.58. The highest BCUT2D eigenvalue weighted by Gasteiger charge is 2.22. The van der Waals surface area contributed by atoms with Gasteiger partial charge < -0.3 is 15.2 Å². The van der Waals surface area contributed by atoms with Crippen LogP contribution in [0.25, 0.3) is 0 Å². The lowest BCUT2D eigenvalue weighted by molar-refractivity contribution is 0.0491. The molecule has 4 heteroatoms. The molecule has 0 saturated heterocycles. The maximum Gasteiger partial charge on any atom is 0.0615 e. The van der Waals surface area contributed by atoms with Gasteiger partial charge in [0.2, 0.25) is 0 Å². The lowest BCUT2D eigenvalue weighted by Gasteiger charge is -2.35. The smallest absolute Gasteiger partial charge is 0.0615 e. The highest BCUT2D eigenvalue weighted by molar-refractivity contribution is 5.16. The van der Waals surface area contributed by atoms with E-state index < -0.39 is 0 Å². The molecular formula is C16H28N2O2. The summed E-state index contributed by atoms with van der Waals surface area (Å²) in [6.07, 6.45) is 0.953. The van der Waals surface area contributed by atoms with Gasteiger partial charge in [-0.1, -0.05) is 30.3 Å². The first-order valence-corrected chi connectivity index (χ1v) is 7.20. The van der Waals surface area contributed by atoms with Crippen LogP contribution in [-0.4, -0.2) is 57.5 Å². The van der Waals surface area contributed by atoms with E-state index in [1.54, 1.807) is 14.2 Å². The van der Waals surface area contributed by atoms with Gasteiger partial charge in [-0.05, 0) is 18.9 Å². The molecule has 1 rings (SSSR count). The van der Waals surface area contributed by atoms with E-state index in [-0.39, 0.29) is 0 Å². The van der Waals surface area contributed by atoms with Gasteiger partial charge in [0.1, 0.15) is 0 Å². The molecular weight excluding hydrogens is 252 g/mol. The topological polar surface area (TPSA) is 47.7 Å². The largest absolute Gasteiger partial charge is 0.383 e. The fourth-order valence-corrected chi connectivity index (χ4v) is 2.52. The van der Waals surface area contributed by atoms with Gasteiger partial charge in [0.15, 0.2) is 0 Å². The second kappa shape index (κ2) is 9.88. The third-order valence-corrected chi connectivity index (χ3v) is 3.58. The summed E-state index contributed by atoms with van der Waals surface area (Å²) in [5.41, 5.74) is 7.32. The van der Waals surface area contributed by atoms with Gasteiger partial charge in [-0.25, -0.2) is 0 Å². The normalized spacial score (nSPS) is 14.4. The van der Waals surface area contributed by atoms with Crippen LogP contribution >= 0.6 is 0 Å². The van der Waals surface area contributed by atoms with E-state index in [2.05, 4.69) is 36.1 Å². The Morgan fingerprint density at radius 2 is 1.85 bits per heavy atom. The number of ether oxygens (including phenoxy) is 2. The SMILES string of the molecule is COCCN(C(C)COC)C(CN)Cc1ccccc1. The molecule has 0 amide bonds. The Morgan fingerprint density at radius 3 is 2.40 bits per heavy atom. The first-order chi connectivity index (χ1) is 9.72. The summed E-state index contributed by atoms with van der Waals surface area (Å²) < 4.78 is 10.5. The molecule has 0 bridgehead atoms. The predicted octanol–water partition coefficient (Wildman–Crippen LogP) is 1.54. The van der Waals surface area contributed by atoms with Crippen molar-refractivity contribution in [3.63, 3.8) is 0 Å². The number of hydrogen-bond donors (Lipinski definition) is 1. The molecule has 0 radical (unpaired) electrons. The van der Waals surface area contributed by atoms with Crippen LogP contribution in [0.1, 0.15) is 12.5 Å². The molecule has 1 aromatic rings. The van der Waals surface area contributed by atoms with Gasteiger partial charge in [0.25, 0.3) is 0 Å². The van der Waals surface area contributed by atoms with E-state index in [0.29, 0.717) is 31.8 Å². The van der Waals surface area contributed by atoms with E-state index in [1.807, 2.05) is 6.07 Å². The number of methoxy groups -OCH3 is 2. The zero-order valence-electron chi connectivity index (χ0n) is 12.9. The average molecular weight is 280 g/mol. The van der Waals surface area contributed by atoms with Crippen LogP contribution in [0.15, 0.2) is 30.3 Å². The van der Waals surface area contributed by atoms with Crippen LogP contribution in [0, 0.1) is 0 Å². The summed E-state index contributed by atoms with van der Waals surface area (Å²) in [6.45, 7) is 5.09. The minimum atomic E-state index is 0.303. The van der Waals surface area contributed by atoms with Crippen LogP contribution in [0.3, 0.4) is 0 Å². The minimum absolute atomic E-state index is 0.303. The van der Waals surface area contributed by atoms with Gasteiger partial charge >= 0.3 is 0 Å². The van der Waals surface area contributed by atoms with E-state index in [1.165, 1.54) is 5.56 Å². The molecule has 2 unspecified atom stereocenters. The van der Waals surface area contributed by atoms with Crippen molar-refractivity contribution in [2.24, 2.45) is 5.73 Å². The van der Waals surface area contributed by atoms with Gasteiger partial charge in [-0.3, -0.25) is 4.90 Å². The highest BCUT2D eigenvalue weighted by atomic mass is 16.5. The lowest BCUT2D eigenvalue weighted by atomic mass is 10.0. The summed E-state index contributed by atoms with van der Waals surface area (Å²) in [6, 6.07) is 11.1. The quantitative estimate of drug-likeness (QED) is 0.706. The van der Waals surface area contributed by atoms with Crippen molar-refractivity contribution in [1.82, 2.24) is 4.90 Å². The molecule has 2 N–H and O–H groups in total. The summed E-state index contributed by atoms with van der Waals surface area (Å²) in [5.74, 6) is 0. The first kappa shape index (κ1) is 17.1. The number of hydrogen-bond acceptors (Lipinski definition) is 4. The molecule has 0 aromatic heterocycles. The maximum absolute atomic E-state index is 6.00.